The van der Waals surface area contributed by atoms with Gasteiger partial charge in [0.25, 0.3) is 0 Å². The van der Waals surface area contributed by atoms with E-state index in [2.05, 4.69) is 5.32 Å². The maximum absolute atomic E-state index is 12.5. The summed E-state index contributed by atoms with van der Waals surface area (Å²) in [6.45, 7) is 1.45. The number of nitrogens with one attached hydrogen (secondary N) is 1. The van der Waals surface area contributed by atoms with Gasteiger partial charge in [0.05, 0.1) is 13.0 Å². The first-order chi connectivity index (χ1) is 13.4. The fourth-order valence-electron chi connectivity index (χ4n) is 3.60. The Labute approximate surface area is 180 Å². The SMILES string of the molecule is Cl.NC1(C(=O)Nc2ccc(CN3C(=O)Cc4ccc(Cl)cc43)cc2)CCOCC1. The molecule has 2 aliphatic rings. The molecule has 4 rings (SSSR count). The molecule has 0 aromatic heterocycles. The zero-order chi connectivity index (χ0) is 19.7. The Hall–Kier alpha value is -2.12. The molecule has 0 unspecified atom stereocenters. The Bertz CT molecular complexity index is 912. The zero-order valence-electron chi connectivity index (χ0n) is 15.8. The van der Waals surface area contributed by atoms with E-state index in [4.69, 9.17) is 22.1 Å². The molecule has 2 aromatic rings. The summed E-state index contributed by atoms with van der Waals surface area (Å²) in [7, 11) is 0. The van der Waals surface area contributed by atoms with E-state index in [1.165, 1.54) is 0 Å². The molecule has 0 saturated carbocycles. The average Bonchev–Trinajstić information content (AvgIpc) is 2.99. The van der Waals surface area contributed by atoms with Gasteiger partial charge in [0.15, 0.2) is 0 Å². The normalized spacial score (nSPS) is 17.4. The summed E-state index contributed by atoms with van der Waals surface area (Å²) in [5.74, 6) is -0.138. The number of nitrogens with two attached hydrogens (primary N) is 1. The van der Waals surface area contributed by atoms with Crippen LogP contribution in [-0.2, 0) is 27.3 Å². The van der Waals surface area contributed by atoms with Gasteiger partial charge in [0.2, 0.25) is 11.8 Å². The van der Waals surface area contributed by atoms with Gasteiger partial charge in [-0.05, 0) is 48.2 Å². The maximum Gasteiger partial charge on any atom is 0.244 e. The van der Waals surface area contributed by atoms with Crippen LogP contribution in [0.4, 0.5) is 11.4 Å². The van der Waals surface area contributed by atoms with Gasteiger partial charge in [-0.1, -0.05) is 29.8 Å². The van der Waals surface area contributed by atoms with Crippen LogP contribution in [-0.4, -0.2) is 30.6 Å². The van der Waals surface area contributed by atoms with E-state index in [9.17, 15) is 9.59 Å². The summed E-state index contributed by atoms with van der Waals surface area (Å²) in [6.07, 6.45) is 1.41. The van der Waals surface area contributed by atoms with E-state index >= 15 is 0 Å². The van der Waals surface area contributed by atoms with E-state index in [-0.39, 0.29) is 24.2 Å². The maximum atomic E-state index is 12.5. The van der Waals surface area contributed by atoms with Crippen molar-refractivity contribution in [3.63, 3.8) is 0 Å². The van der Waals surface area contributed by atoms with E-state index in [0.717, 1.165) is 16.8 Å². The Morgan fingerprint density at radius 3 is 2.55 bits per heavy atom. The number of ether oxygens (including phenoxy) is 1. The Morgan fingerprint density at radius 1 is 1.17 bits per heavy atom. The van der Waals surface area contributed by atoms with Gasteiger partial charge in [0.1, 0.15) is 5.54 Å². The van der Waals surface area contributed by atoms with Crippen LogP contribution in [0, 0.1) is 0 Å². The number of halogens is 2. The molecular formula is C21H23Cl2N3O3. The highest BCUT2D eigenvalue weighted by molar-refractivity contribution is 6.31. The minimum absolute atomic E-state index is 0. The summed E-state index contributed by atoms with van der Waals surface area (Å²) in [5, 5.41) is 3.50. The minimum Gasteiger partial charge on any atom is -0.381 e. The van der Waals surface area contributed by atoms with E-state index < -0.39 is 5.54 Å². The average molecular weight is 436 g/mol. The zero-order valence-corrected chi connectivity index (χ0v) is 17.4. The van der Waals surface area contributed by atoms with Crippen molar-refractivity contribution < 1.29 is 14.3 Å². The third-order valence-corrected chi connectivity index (χ3v) is 5.61. The molecule has 0 bridgehead atoms. The molecule has 1 saturated heterocycles. The van der Waals surface area contributed by atoms with Crippen LogP contribution in [0.5, 0.6) is 0 Å². The lowest BCUT2D eigenvalue weighted by Gasteiger charge is -2.31. The molecule has 29 heavy (non-hydrogen) atoms. The molecule has 0 atom stereocenters. The van der Waals surface area contributed by atoms with Crippen molar-refractivity contribution in [2.75, 3.05) is 23.4 Å². The number of carbonyl (C=O) groups excluding carboxylic acids is 2. The minimum atomic E-state index is -0.887. The van der Waals surface area contributed by atoms with E-state index in [1.807, 2.05) is 36.4 Å². The second kappa shape index (κ2) is 8.71. The van der Waals surface area contributed by atoms with Crippen molar-refractivity contribution in [1.82, 2.24) is 0 Å². The van der Waals surface area contributed by atoms with Crippen LogP contribution in [0.1, 0.15) is 24.0 Å². The van der Waals surface area contributed by atoms with Crippen LogP contribution < -0.4 is 16.0 Å². The van der Waals surface area contributed by atoms with Crippen molar-refractivity contribution in [2.45, 2.75) is 31.3 Å². The molecule has 0 spiro atoms. The first kappa shape index (κ1) is 21.6. The first-order valence-electron chi connectivity index (χ1n) is 9.30. The third kappa shape index (κ3) is 4.56. The summed E-state index contributed by atoms with van der Waals surface area (Å²) in [4.78, 5) is 26.6. The highest BCUT2D eigenvalue weighted by Crippen LogP contribution is 2.32. The monoisotopic (exact) mass is 435 g/mol. The molecule has 8 heteroatoms. The molecule has 0 aliphatic carbocycles. The van der Waals surface area contributed by atoms with Crippen LogP contribution in [0.2, 0.25) is 5.02 Å². The summed E-state index contributed by atoms with van der Waals surface area (Å²) >= 11 is 6.09. The lowest BCUT2D eigenvalue weighted by atomic mass is 9.90. The van der Waals surface area contributed by atoms with Gasteiger partial charge in [-0.25, -0.2) is 0 Å². The van der Waals surface area contributed by atoms with E-state index in [0.29, 0.717) is 49.7 Å². The Morgan fingerprint density at radius 2 is 1.86 bits per heavy atom. The van der Waals surface area contributed by atoms with Gasteiger partial charge in [-0.15, -0.1) is 12.4 Å². The molecule has 6 nitrogen and oxygen atoms in total. The number of hydrogen-bond acceptors (Lipinski definition) is 4. The largest absolute Gasteiger partial charge is 0.381 e. The van der Waals surface area contributed by atoms with Gasteiger partial charge < -0.3 is 20.7 Å². The number of rotatable bonds is 4. The summed E-state index contributed by atoms with van der Waals surface area (Å²) in [5.41, 5.74) is 8.82. The van der Waals surface area contributed by atoms with Crippen molar-refractivity contribution in [3.8, 4) is 0 Å². The molecule has 154 valence electrons. The predicted molar refractivity (Wildman–Crippen MR) is 116 cm³/mol. The van der Waals surface area contributed by atoms with Crippen LogP contribution >= 0.6 is 24.0 Å². The summed E-state index contributed by atoms with van der Waals surface area (Å²) in [6, 6.07) is 13.0. The van der Waals surface area contributed by atoms with E-state index in [1.54, 1.807) is 11.0 Å². The molecule has 0 radical (unpaired) electrons. The molecule has 1 fully saturated rings. The fourth-order valence-corrected chi connectivity index (χ4v) is 3.76. The van der Waals surface area contributed by atoms with Crippen molar-refractivity contribution >= 4 is 47.2 Å². The molecule has 2 aromatic carbocycles. The van der Waals surface area contributed by atoms with Crippen molar-refractivity contribution in [2.24, 2.45) is 5.73 Å². The van der Waals surface area contributed by atoms with Crippen LogP contribution in [0.25, 0.3) is 0 Å². The lowest BCUT2D eigenvalue weighted by molar-refractivity contribution is -0.124. The number of hydrogen-bond donors (Lipinski definition) is 2. The molecule has 2 aliphatic heterocycles. The first-order valence-corrected chi connectivity index (χ1v) is 9.68. The number of amides is 2. The second-order valence-electron chi connectivity index (χ2n) is 7.35. The Balaban J connectivity index is 0.00000240. The third-order valence-electron chi connectivity index (χ3n) is 5.37. The second-order valence-corrected chi connectivity index (χ2v) is 7.79. The molecule has 2 heterocycles. The number of carbonyl (C=O) groups is 2. The van der Waals surface area contributed by atoms with Crippen LogP contribution in [0.15, 0.2) is 42.5 Å². The predicted octanol–water partition coefficient (Wildman–Crippen LogP) is 3.30. The quantitative estimate of drug-likeness (QED) is 0.771. The topological polar surface area (TPSA) is 84.7 Å². The number of anilines is 2. The standard InChI is InChI=1S/C21H22ClN3O3.ClH/c22-16-4-3-15-11-19(26)25(18(15)12-16)13-14-1-5-17(6-2-14)24-20(27)21(23)7-9-28-10-8-21;/h1-6,12H,7-11,13,23H2,(H,24,27);1H. The number of benzene rings is 2. The highest BCUT2D eigenvalue weighted by Gasteiger charge is 2.36. The number of fused-ring (bicyclic) bond motifs is 1. The summed E-state index contributed by atoms with van der Waals surface area (Å²) < 4.78 is 5.28. The fraction of sp³-hybridized carbons (Fsp3) is 0.333. The lowest BCUT2D eigenvalue weighted by Crippen LogP contribution is -2.54. The van der Waals surface area contributed by atoms with Crippen molar-refractivity contribution in [3.05, 3.63) is 58.6 Å². The molecular weight excluding hydrogens is 413 g/mol. The van der Waals surface area contributed by atoms with Gasteiger partial charge in [0, 0.05) is 29.6 Å². The smallest absolute Gasteiger partial charge is 0.244 e. The van der Waals surface area contributed by atoms with Gasteiger partial charge >= 0.3 is 0 Å². The molecule has 3 N–H and O–H groups in total. The van der Waals surface area contributed by atoms with Crippen LogP contribution in [0.3, 0.4) is 0 Å². The molecule has 2 amide bonds. The highest BCUT2D eigenvalue weighted by atomic mass is 35.5. The van der Waals surface area contributed by atoms with Crippen molar-refractivity contribution in [1.29, 1.82) is 0 Å². The Kier molecular flexibility index (Phi) is 6.49. The number of nitrogens with zero attached hydrogens (tertiary/aromatic N) is 1. The van der Waals surface area contributed by atoms with Gasteiger partial charge in [-0.2, -0.15) is 0 Å². The van der Waals surface area contributed by atoms with Gasteiger partial charge in [-0.3, -0.25) is 9.59 Å².